The van der Waals surface area contributed by atoms with Crippen molar-refractivity contribution in [2.24, 2.45) is 16.7 Å². The van der Waals surface area contributed by atoms with Crippen LogP contribution in [0.15, 0.2) is 0 Å². The Morgan fingerprint density at radius 3 is 1.96 bits per heavy atom. The summed E-state index contributed by atoms with van der Waals surface area (Å²) in [7, 11) is 3.06. The largest absolute Gasteiger partial charge is 0.275 e. The van der Waals surface area contributed by atoms with E-state index >= 15 is 0 Å². The maximum atomic E-state index is 12.6. The van der Waals surface area contributed by atoms with Crippen molar-refractivity contribution in [3.8, 4) is 0 Å². The monoisotopic (exact) mass is 343 g/mol. The van der Waals surface area contributed by atoms with Gasteiger partial charge in [-0.2, -0.15) is 0 Å². The highest BCUT2D eigenvalue weighted by molar-refractivity contribution is 5.85. The Labute approximate surface area is 147 Å². The zero-order valence-electron chi connectivity index (χ0n) is 16.9. The minimum absolute atomic E-state index is 0.0992. The van der Waals surface area contributed by atoms with Gasteiger partial charge in [-0.25, -0.2) is 10.5 Å². The van der Waals surface area contributed by atoms with Gasteiger partial charge in [0.05, 0.1) is 19.1 Å². The molecular formula is C18H35N2O4. The number of nitrogens with one attached hydrogen (secondary N) is 1. The molecule has 0 aliphatic heterocycles. The highest BCUT2D eigenvalue weighted by Crippen LogP contribution is 2.38. The second-order valence-corrected chi connectivity index (χ2v) is 8.95. The second kappa shape index (κ2) is 8.30. The predicted molar refractivity (Wildman–Crippen MR) is 94.4 cm³/mol. The fraction of sp³-hybridized carbons (Fsp3) is 0.833. The van der Waals surface area contributed by atoms with Gasteiger partial charge in [0.15, 0.2) is 0 Å². The summed E-state index contributed by atoms with van der Waals surface area (Å²) in [6.07, 6.45) is 2.09. The van der Waals surface area contributed by atoms with Crippen LogP contribution in [-0.2, 0) is 19.3 Å². The lowest BCUT2D eigenvalue weighted by Gasteiger charge is -2.37. The molecule has 0 aromatic rings. The lowest BCUT2D eigenvalue weighted by Crippen LogP contribution is -2.42. The Hall–Kier alpha value is -1.14. The van der Waals surface area contributed by atoms with Crippen molar-refractivity contribution in [1.29, 1.82) is 0 Å². The fourth-order valence-electron chi connectivity index (χ4n) is 2.25. The molecule has 0 aromatic carbocycles. The maximum Gasteiger partial charge on any atom is 0.249 e. The SMILES string of the molecule is CON(C)C(=O)C(CC(C)(C)[CH]C(=O)NOC(C)(C)C)C(C)(C)C. The molecule has 0 heterocycles. The summed E-state index contributed by atoms with van der Waals surface area (Å²) in [4.78, 5) is 35.0. The van der Waals surface area contributed by atoms with Gasteiger partial charge in [-0.1, -0.05) is 34.6 Å². The van der Waals surface area contributed by atoms with Gasteiger partial charge in [-0.05, 0) is 38.0 Å². The molecule has 0 aliphatic rings. The number of carbonyl (C=O) groups is 2. The van der Waals surface area contributed by atoms with E-state index in [1.165, 1.54) is 12.2 Å². The molecule has 1 radical (unpaired) electrons. The summed E-state index contributed by atoms with van der Waals surface area (Å²) >= 11 is 0. The van der Waals surface area contributed by atoms with Crippen LogP contribution in [0.2, 0.25) is 0 Å². The normalized spacial score (nSPS) is 14.2. The van der Waals surface area contributed by atoms with Crippen LogP contribution in [0.4, 0.5) is 0 Å². The van der Waals surface area contributed by atoms with E-state index in [0.29, 0.717) is 6.42 Å². The number of nitrogens with zero attached hydrogens (tertiary/aromatic N) is 1. The Morgan fingerprint density at radius 1 is 1.08 bits per heavy atom. The third-order valence-corrected chi connectivity index (χ3v) is 3.64. The molecule has 24 heavy (non-hydrogen) atoms. The first-order valence-electron chi connectivity index (χ1n) is 8.24. The van der Waals surface area contributed by atoms with Gasteiger partial charge in [0.1, 0.15) is 0 Å². The van der Waals surface area contributed by atoms with Crippen molar-refractivity contribution in [2.75, 3.05) is 14.2 Å². The van der Waals surface area contributed by atoms with E-state index in [-0.39, 0.29) is 23.1 Å². The Kier molecular flexibility index (Phi) is 7.90. The van der Waals surface area contributed by atoms with Gasteiger partial charge < -0.3 is 0 Å². The van der Waals surface area contributed by atoms with Gasteiger partial charge in [-0.15, -0.1) is 0 Å². The highest BCUT2D eigenvalue weighted by Gasteiger charge is 2.39. The summed E-state index contributed by atoms with van der Waals surface area (Å²) < 4.78 is 0. The van der Waals surface area contributed by atoms with E-state index in [2.05, 4.69) is 5.48 Å². The standard InChI is InChI=1S/C18H35N2O4/c1-16(2,3)13(15(22)20(9)23-10)11-18(7,8)12-14(21)19-24-17(4,5)6/h12-13H,11H2,1-10H3,(H,19,21). The molecule has 0 spiro atoms. The number of hydroxylamine groups is 3. The number of amides is 2. The van der Waals surface area contributed by atoms with Crippen LogP contribution in [0.25, 0.3) is 0 Å². The topological polar surface area (TPSA) is 67.9 Å². The molecule has 1 atom stereocenters. The van der Waals surface area contributed by atoms with Crippen molar-refractivity contribution in [2.45, 2.75) is 67.4 Å². The summed E-state index contributed by atoms with van der Waals surface area (Å²) in [5.41, 5.74) is 1.24. The Balaban J connectivity index is 4.99. The van der Waals surface area contributed by atoms with E-state index in [1.54, 1.807) is 13.5 Å². The van der Waals surface area contributed by atoms with Crippen LogP contribution in [0.5, 0.6) is 0 Å². The Morgan fingerprint density at radius 2 is 1.58 bits per heavy atom. The number of hydrogen-bond acceptors (Lipinski definition) is 4. The molecule has 0 fully saturated rings. The van der Waals surface area contributed by atoms with Gasteiger partial charge in [0.2, 0.25) is 11.8 Å². The van der Waals surface area contributed by atoms with Crippen molar-refractivity contribution >= 4 is 11.8 Å². The summed E-state index contributed by atoms with van der Waals surface area (Å²) in [6.45, 7) is 15.5. The number of rotatable bonds is 7. The molecule has 2 amide bonds. The van der Waals surface area contributed by atoms with Crippen LogP contribution in [-0.4, -0.2) is 36.6 Å². The first kappa shape index (κ1) is 22.9. The summed E-state index contributed by atoms with van der Waals surface area (Å²) in [5, 5.41) is 1.24. The fourth-order valence-corrected chi connectivity index (χ4v) is 2.25. The van der Waals surface area contributed by atoms with Gasteiger partial charge >= 0.3 is 0 Å². The van der Waals surface area contributed by atoms with E-state index in [0.717, 1.165) is 0 Å². The molecule has 1 unspecified atom stereocenters. The maximum absolute atomic E-state index is 12.6. The highest BCUT2D eigenvalue weighted by atomic mass is 16.7. The van der Waals surface area contributed by atoms with Crippen molar-refractivity contribution in [3.05, 3.63) is 6.42 Å². The van der Waals surface area contributed by atoms with Gasteiger partial charge in [0.25, 0.3) is 0 Å². The van der Waals surface area contributed by atoms with E-state index in [4.69, 9.17) is 9.68 Å². The van der Waals surface area contributed by atoms with E-state index < -0.39 is 11.0 Å². The summed E-state index contributed by atoms with van der Waals surface area (Å²) in [6, 6.07) is 0. The number of hydrogen-bond donors (Lipinski definition) is 1. The average Bonchev–Trinajstić information content (AvgIpc) is 2.38. The Bertz CT molecular complexity index is 433. The minimum Gasteiger partial charge on any atom is -0.275 e. The first-order chi connectivity index (χ1) is 10.6. The smallest absolute Gasteiger partial charge is 0.249 e. The molecule has 0 aliphatic carbocycles. The van der Waals surface area contributed by atoms with Crippen LogP contribution < -0.4 is 5.48 Å². The first-order valence-corrected chi connectivity index (χ1v) is 8.24. The van der Waals surface area contributed by atoms with Crippen molar-refractivity contribution in [1.82, 2.24) is 10.5 Å². The zero-order chi connectivity index (χ0) is 19.3. The molecule has 0 aromatic heterocycles. The molecule has 0 rings (SSSR count). The molecule has 1 N–H and O–H groups in total. The summed E-state index contributed by atoms with van der Waals surface area (Å²) in [5.74, 6) is -0.696. The molecule has 141 valence electrons. The zero-order valence-corrected chi connectivity index (χ0v) is 16.9. The quantitative estimate of drug-likeness (QED) is 0.721. The molecule has 0 saturated heterocycles. The van der Waals surface area contributed by atoms with Crippen LogP contribution in [0, 0.1) is 23.2 Å². The molecular weight excluding hydrogens is 308 g/mol. The third kappa shape index (κ3) is 8.64. The van der Waals surface area contributed by atoms with E-state index in [1.807, 2.05) is 55.4 Å². The van der Waals surface area contributed by atoms with Gasteiger partial charge in [0, 0.05) is 13.0 Å². The van der Waals surface area contributed by atoms with Crippen LogP contribution >= 0.6 is 0 Å². The van der Waals surface area contributed by atoms with Crippen LogP contribution in [0.1, 0.15) is 61.8 Å². The van der Waals surface area contributed by atoms with Crippen LogP contribution in [0.3, 0.4) is 0 Å². The lowest BCUT2D eigenvalue weighted by molar-refractivity contribution is -0.178. The molecule has 0 saturated carbocycles. The second-order valence-electron chi connectivity index (χ2n) is 8.95. The molecule has 0 bridgehead atoms. The van der Waals surface area contributed by atoms with E-state index in [9.17, 15) is 9.59 Å². The predicted octanol–water partition coefficient (Wildman–Crippen LogP) is 3.14. The van der Waals surface area contributed by atoms with Crippen molar-refractivity contribution in [3.63, 3.8) is 0 Å². The third-order valence-electron chi connectivity index (χ3n) is 3.64. The molecule has 6 nitrogen and oxygen atoms in total. The van der Waals surface area contributed by atoms with Gasteiger partial charge in [-0.3, -0.25) is 19.3 Å². The molecule has 6 heteroatoms. The lowest BCUT2D eigenvalue weighted by atomic mass is 9.70. The average molecular weight is 343 g/mol. The van der Waals surface area contributed by atoms with Crippen molar-refractivity contribution < 1.29 is 19.3 Å². The minimum atomic E-state index is -0.479. The number of carbonyl (C=O) groups excluding carboxylic acids is 2.